The molecule has 0 saturated heterocycles. The van der Waals surface area contributed by atoms with E-state index in [1.54, 1.807) is 6.07 Å². The third kappa shape index (κ3) is 2.84. The number of hydrogen-bond acceptors (Lipinski definition) is 3. The zero-order valence-corrected chi connectivity index (χ0v) is 12.3. The molecule has 3 aromatic rings. The summed E-state index contributed by atoms with van der Waals surface area (Å²) in [5, 5.41) is 11.1. The first-order chi connectivity index (χ1) is 10.2. The summed E-state index contributed by atoms with van der Waals surface area (Å²) in [6.07, 6.45) is 0. The maximum absolute atomic E-state index is 9.53. The number of nitrogens with zero attached hydrogens (tertiary/aromatic N) is 1. The highest BCUT2D eigenvalue weighted by Crippen LogP contribution is 2.30. The lowest BCUT2D eigenvalue weighted by Gasteiger charge is -2.12. The van der Waals surface area contributed by atoms with Gasteiger partial charge in [0.2, 0.25) is 5.88 Å². The number of hydrogen-bond donors (Lipinski definition) is 1. The van der Waals surface area contributed by atoms with E-state index < -0.39 is 0 Å². The quantitative estimate of drug-likeness (QED) is 0.775. The molecule has 0 aliphatic carbocycles. The summed E-state index contributed by atoms with van der Waals surface area (Å²) in [5.74, 6) is 1.04. The second-order valence-corrected chi connectivity index (χ2v) is 5.25. The van der Waals surface area contributed by atoms with Crippen LogP contribution in [-0.4, -0.2) is 10.1 Å². The predicted octanol–water partition coefficient (Wildman–Crippen LogP) is 4.48. The number of aliphatic hydroxyl groups excluding tert-OH is 1. The summed E-state index contributed by atoms with van der Waals surface area (Å²) in [6, 6.07) is 15.0. The maximum Gasteiger partial charge on any atom is 0.225 e. The summed E-state index contributed by atoms with van der Waals surface area (Å²) in [6.45, 7) is 1.80. The maximum atomic E-state index is 9.53. The standard InChI is InChI=1S/C17H14ClNO2/c1-11-6-7-14(18)9-16(11)21-17-13(10-20)8-12-4-2-3-5-15(12)19-17/h2-9,20H,10H2,1H3. The van der Waals surface area contributed by atoms with Crippen molar-refractivity contribution in [2.75, 3.05) is 0 Å². The van der Waals surface area contributed by atoms with Crippen LogP contribution in [0.4, 0.5) is 0 Å². The highest BCUT2D eigenvalue weighted by Gasteiger charge is 2.10. The van der Waals surface area contributed by atoms with Gasteiger partial charge in [-0.1, -0.05) is 35.9 Å². The highest BCUT2D eigenvalue weighted by molar-refractivity contribution is 6.30. The van der Waals surface area contributed by atoms with E-state index in [9.17, 15) is 5.11 Å². The zero-order chi connectivity index (χ0) is 14.8. The molecular formula is C17H14ClNO2. The summed E-state index contributed by atoms with van der Waals surface area (Å²) in [4.78, 5) is 4.49. The Labute approximate surface area is 127 Å². The molecule has 1 N–H and O–H groups in total. The average molecular weight is 300 g/mol. The van der Waals surface area contributed by atoms with Crippen LogP contribution in [0.3, 0.4) is 0 Å². The first-order valence-corrected chi connectivity index (χ1v) is 6.98. The number of rotatable bonds is 3. The van der Waals surface area contributed by atoms with Gasteiger partial charge < -0.3 is 9.84 Å². The summed E-state index contributed by atoms with van der Waals surface area (Å²) >= 11 is 6.00. The minimum atomic E-state index is -0.132. The Morgan fingerprint density at radius 2 is 1.95 bits per heavy atom. The first kappa shape index (κ1) is 13.9. The zero-order valence-electron chi connectivity index (χ0n) is 11.5. The fraction of sp³-hybridized carbons (Fsp3) is 0.118. The molecule has 0 saturated carbocycles. The average Bonchev–Trinajstić information content (AvgIpc) is 2.50. The van der Waals surface area contributed by atoms with Crippen LogP contribution in [0.1, 0.15) is 11.1 Å². The Kier molecular flexibility index (Phi) is 3.78. The van der Waals surface area contributed by atoms with Crippen molar-refractivity contribution >= 4 is 22.5 Å². The summed E-state index contributed by atoms with van der Waals surface area (Å²) in [5.41, 5.74) is 2.43. The van der Waals surface area contributed by atoms with E-state index in [1.807, 2.05) is 49.4 Å². The smallest absolute Gasteiger partial charge is 0.225 e. The molecule has 0 unspecified atom stereocenters. The van der Waals surface area contributed by atoms with Crippen LogP contribution in [0.2, 0.25) is 5.02 Å². The van der Waals surface area contributed by atoms with Crippen molar-refractivity contribution in [3.8, 4) is 11.6 Å². The molecule has 0 fully saturated rings. The Balaban J connectivity index is 2.08. The fourth-order valence-corrected chi connectivity index (χ4v) is 2.29. The Morgan fingerprint density at radius 3 is 2.76 bits per heavy atom. The monoisotopic (exact) mass is 299 g/mol. The van der Waals surface area contributed by atoms with Crippen LogP contribution in [-0.2, 0) is 6.61 Å². The predicted molar refractivity (Wildman–Crippen MR) is 83.9 cm³/mol. The minimum absolute atomic E-state index is 0.132. The van der Waals surface area contributed by atoms with Gasteiger partial charge in [0.15, 0.2) is 0 Å². The number of halogens is 1. The third-order valence-electron chi connectivity index (χ3n) is 3.29. The van der Waals surface area contributed by atoms with Gasteiger partial charge in [-0.15, -0.1) is 0 Å². The number of aromatic nitrogens is 1. The van der Waals surface area contributed by atoms with Crippen molar-refractivity contribution in [2.45, 2.75) is 13.5 Å². The van der Waals surface area contributed by atoms with Crippen molar-refractivity contribution in [1.82, 2.24) is 4.98 Å². The number of para-hydroxylation sites is 1. The van der Waals surface area contributed by atoms with Crippen LogP contribution in [0.25, 0.3) is 10.9 Å². The van der Waals surface area contributed by atoms with Gasteiger partial charge >= 0.3 is 0 Å². The minimum Gasteiger partial charge on any atom is -0.438 e. The SMILES string of the molecule is Cc1ccc(Cl)cc1Oc1nc2ccccc2cc1CO. The van der Waals surface area contributed by atoms with E-state index >= 15 is 0 Å². The molecule has 1 heterocycles. The molecule has 1 aromatic heterocycles. The van der Waals surface area contributed by atoms with Crippen LogP contribution in [0, 0.1) is 6.92 Å². The van der Waals surface area contributed by atoms with Crippen molar-refractivity contribution < 1.29 is 9.84 Å². The molecule has 0 aliphatic rings. The van der Waals surface area contributed by atoms with Gasteiger partial charge in [-0.3, -0.25) is 0 Å². The van der Waals surface area contributed by atoms with Gasteiger partial charge in [-0.05, 0) is 36.8 Å². The number of pyridine rings is 1. The lowest BCUT2D eigenvalue weighted by Crippen LogP contribution is -1.97. The lowest BCUT2D eigenvalue weighted by atomic mass is 10.1. The number of ether oxygens (including phenoxy) is 1. The van der Waals surface area contributed by atoms with Crippen molar-refractivity contribution in [3.05, 3.63) is 64.7 Å². The highest BCUT2D eigenvalue weighted by atomic mass is 35.5. The summed E-state index contributed by atoms with van der Waals surface area (Å²) in [7, 11) is 0. The lowest BCUT2D eigenvalue weighted by molar-refractivity contribution is 0.275. The second-order valence-electron chi connectivity index (χ2n) is 4.82. The molecule has 0 atom stereocenters. The van der Waals surface area contributed by atoms with Crippen molar-refractivity contribution in [3.63, 3.8) is 0 Å². The van der Waals surface area contributed by atoms with E-state index in [0.717, 1.165) is 16.5 Å². The van der Waals surface area contributed by atoms with Gasteiger partial charge in [0.1, 0.15) is 5.75 Å². The number of fused-ring (bicyclic) bond motifs is 1. The Hall–Kier alpha value is -2.10. The van der Waals surface area contributed by atoms with Crippen LogP contribution in [0.5, 0.6) is 11.6 Å². The number of benzene rings is 2. The van der Waals surface area contributed by atoms with Crippen LogP contribution < -0.4 is 4.74 Å². The molecule has 21 heavy (non-hydrogen) atoms. The first-order valence-electron chi connectivity index (χ1n) is 6.61. The molecule has 3 nitrogen and oxygen atoms in total. The van der Waals surface area contributed by atoms with Crippen molar-refractivity contribution in [2.24, 2.45) is 0 Å². The molecular weight excluding hydrogens is 286 g/mol. The largest absolute Gasteiger partial charge is 0.438 e. The molecule has 0 radical (unpaired) electrons. The fourth-order valence-electron chi connectivity index (χ4n) is 2.13. The normalized spacial score (nSPS) is 10.8. The molecule has 3 rings (SSSR count). The topological polar surface area (TPSA) is 42.4 Å². The Morgan fingerprint density at radius 1 is 1.14 bits per heavy atom. The molecule has 2 aromatic carbocycles. The molecule has 0 spiro atoms. The van der Waals surface area contributed by atoms with Gasteiger partial charge in [-0.25, -0.2) is 4.98 Å². The van der Waals surface area contributed by atoms with Crippen LogP contribution >= 0.6 is 11.6 Å². The van der Waals surface area contributed by atoms with E-state index in [0.29, 0.717) is 22.2 Å². The molecule has 4 heteroatoms. The van der Waals surface area contributed by atoms with E-state index in [-0.39, 0.29) is 6.61 Å². The van der Waals surface area contributed by atoms with E-state index in [4.69, 9.17) is 16.3 Å². The van der Waals surface area contributed by atoms with E-state index in [1.165, 1.54) is 0 Å². The molecule has 0 bridgehead atoms. The van der Waals surface area contributed by atoms with Gasteiger partial charge in [0.25, 0.3) is 0 Å². The van der Waals surface area contributed by atoms with Crippen LogP contribution in [0.15, 0.2) is 48.5 Å². The molecule has 0 amide bonds. The van der Waals surface area contributed by atoms with E-state index in [2.05, 4.69) is 4.98 Å². The summed E-state index contributed by atoms with van der Waals surface area (Å²) < 4.78 is 5.86. The number of aryl methyl sites for hydroxylation is 1. The van der Waals surface area contributed by atoms with Gasteiger partial charge in [0.05, 0.1) is 12.1 Å². The molecule has 0 aliphatic heterocycles. The van der Waals surface area contributed by atoms with Crippen molar-refractivity contribution in [1.29, 1.82) is 0 Å². The second kappa shape index (κ2) is 5.72. The third-order valence-corrected chi connectivity index (χ3v) is 3.53. The van der Waals surface area contributed by atoms with Gasteiger partial charge in [-0.2, -0.15) is 0 Å². The Bertz CT molecular complexity index is 802. The number of aliphatic hydroxyl groups is 1. The van der Waals surface area contributed by atoms with Gasteiger partial charge in [0, 0.05) is 16.0 Å². The molecule has 106 valence electrons.